The second-order valence-corrected chi connectivity index (χ2v) is 3.46. The van der Waals surface area contributed by atoms with Gasteiger partial charge in [0.15, 0.2) is 5.75 Å². The fourth-order valence-electron chi connectivity index (χ4n) is 1.15. The second-order valence-electron chi connectivity index (χ2n) is 3.46. The first kappa shape index (κ1) is 13.1. The van der Waals surface area contributed by atoms with Gasteiger partial charge in [0.2, 0.25) is 0 Å². The number of nitro benzene ring substituents is 1. The third kappa shape index (κ3) is 3.53. The number of methoxy groups -OCH3 is 1. The van der Waals surface area contributed by atoms with Crippen LogP contribution in [0.4, 0.5) is 5.69 Å². The molecule has 0 aliphatic carbocycles. The van der Waals surface area contributed by atoms with Crippen LogP contribution in [0.25, 0.3) is 0 Å². The second kappa shape index (κ2) is 5.95. The Kier molecular flexibility index (Phi) is 4.59. The molecule has 1 unspecified atom stereocenters. The van der Waals surface area contributed by atoms with Gasteiger partial charge in [-0.25, -0.2) is 0 Å². The molecule has 0 heterocycles. The summed E-state index contributed by atoms with van der Waals surface area (Å²) in [7, 11) is 1.53. The molecule has 0 amide bonds. The van der Waals surface area contributed by atoms with Gasteiger partial charge in [0, 0.05) is 18.7 Å². The lowest BCUT2D eigenvalue weighted by molar-refractivity contribution is -0.385. The highest BCUT2D eigenvalue weighted by atomic mass is 16.6. The minimum absolute atomic E-state index is 0.129. The number of carbonyl (C=O) groups excluding carboxylic acids is 1. The molecule has 92 valence electrons. The van der Waals surface area contributed by atoms with E-state index in [0.717, 1.165) is 0 Å². The highest BCUT2D eigenvalue weighted by Crippen LogP contribution is 2.27. The summed E-state index contributed by atoms with van der Waals surface area (Å²) in [6, 6.07) is 4.05. The Morgan fingerprint density at radius 2 is 2.24 bits per heavy atom. The molecule has 0 bridgehead atoms. The maximum absolute atomic E-state index is 10.8. The molecular formula is C11H13NO5. The van der Waals surface area contributed by atoms with Crippen molar-refractivity contribution >= 4 is 12.0 Å². The summed E-state index contributed by atoms with van der Waals surface area (Å²) in [5, 5.41) is 10.8. The van der Waals surface area contributed by atoms with Crippen molar-refractivity contribution in [2.45, 2.75) is 13.0 Å². The molecule has 6 nitrogen and oxygen atoms in total. The van der Waals surface area contributed by atoms with Crippen LogP contribution in [0.2, 0.25) is 0 Å². The van der Waals surface area contributed by atoms with E-state index in [2.05, 4.69) is 0 Å². The third-order valence-corrected chi connectivity index (χ3v) is 2.19. The number of nitro groups is 1. The molecule has 0 fully saturated rings. The smallest absolute Gasteiger partial charge is 0.311 e. The Balaban J connectivity index is 2.90. The van der Waals surface area contributed by atoms with Gasteiger partial charge in [-0.1, -0.05) is 0 Å². The molecule has 0 radical (unpaired) electrons. The molecular weight excluding hydrogens is 226 g/mol. The summed E-state index contributed by atoms with van der Waals surface area (Å²) in [6.07, 6.45) is 0.384. The monoisotopic (exact) mass is 239 g/mol. The third-order valence-electron chi connectivity index (χ3n) is 2.19. The molecule has 0 saturated heterocycles. The highest BCUT2D eigenvalue weighted by Gasteiger charge is 2.16. The van der Waals surface area contributed by atoms with Crippen molar-refractivity contribution < 1.29 is 19.2 Å². The van der Waals surface area contributed by atoms with Crippen LogP contribution < -0.4 is 4.74 Å². The number of hydrogen-bond acceptors (Lipinski definition) is 5. The maximum Gasteiger partial charge on any atom is 0.311 e. The quantitative estimate of drug-likeness (QED) is 0.430. The van der Waals surface area contributed by atoms with Crippen molar-refractivity contribution in [1.82, 2.24) is 0 Å². The van der Waals surface area contributed by atoms with E-state index in [4.69, 9.17) is 9.47 Å². The standard InChI is InChI=1S/C11H13NO5/c1-8(16-2)7-17-11-4-3-9(6-13)5-10(11)12(14)15/h3-6,8H,7H2,1-2H3. The Morgan fingerprint density at radius 1 is 1.53 bits per heavy atom. The summed E-state index contributed by atoms with van der Waals surface area (Å²) in [5.41, 5.74) is 0.0155. The van der Waals surface area contributed by atoms with Crippen molar-refractivity contribution in [3.05, 3.63) is 33.9 Å². The molecule has 0 saturated carbocycles. The minimum Gasteiger partial charge on any atom is -0.484 e. The summed E-state index contributed by atoms with van der Waals surface area (Å²) in [6.45, 7) is 1.99. The number of aldehydes is 1. The number of rotatable bonds is 6. The van der Waals surface area contributed by atoms with E-state index in [-0.39, 0.29) is 29.7 Å². The first-order valence-corrected chi connectivity index (χ1v) is 4.97. The summed E-state index contributed by atoms with van der Waals surface area (Å²) in [5.74, 6) is 0.129. The Morgan fingerprint density at radius 3 is 2.76 bits per heavy atom. The van der Waals surface area contributed by atoms with Gasteiger partial charge in [0.25, 0.3) is 0 Å². The molecule has 0 N–H and O–H groups in total. The van der Waals surface area contributed by atoms with Crippen LogP contribution in [0, 0.1) is 10.1 Å². The van der Waals surface area contributed by atoms with Crippen LogP contribution in [-0.2, 0) is 4.74 Å². The molecule has 0 spiro atoms. The fourth-order valence-corrected chi connectivity index (χ4v) is 1.15. The van der Waals surface area contributed by atoms with Gasteiger partial charge in [-0.15, -0.1) is 0 Å². The van der Waals surface area contributed by atoms with Crippen molar-refractivity contribution in [1.29, 1.82) is 0 Å². The van der Waals surface area contributed by atoms with Crippen LogP contribution in [-0.4, -0.2) is 31.0 Å². The van der Waals surface area contributed by atoms with E-state index in [1.807, 2.05) is 0 Å². The van der Waals surface area contributed by atoms with Gasteiger partial charge in [0.05, 0.1) is 11.0 Å². The number of nitrogens with zero attached hydrogens (tertiary/aromatic N) is 1. The minimum atomic E-state index is -0.584. The van der Waals surface area contributed by atoms with Gasteiger partial charge in [0.1, 0.15) is 12.9 Å². The summed E-state index contributed by atoms with van der Waals surface area (Å²) >= 11 is 0. The van der Waals surface area contributed by atoms with Crippen molar-refractivity contribution in [3.8, 4) is 5.75 Å². The SMILES string of the molecule is COC(C)COc1ccc(C=O)cc1[N+](=O)[O-]. The lowest BCUT2D eigenvalue weighted by atomic mass is 10.2. The van der Waals surface area contributed by atoms with E-state index in [1.54, 1.807) is 6.92 Å². The molecule has 17 heavy (non-hydrogen) atoms. The predicted molar refractivity (Wildman–Crippen MR) is 60.4 cm³/mol. The molecule has 1 aromatic carbocycles. The van der Waals surface area contributed by atoms with Gasteiger partial charge in [-0.05, 0) is 19.1 Å². The van der Waals surface area contributed by atoms with Crippen molar-refractivity contribution in [2.75, 3.05) is 13.7 Å². The van der Waals surface area contributed by atoms with Gasteiger partial charge >= 0.3 is 5.69 Å². The molecule has 1 atom stereocenters. The largest absolute Gasteiger partial charge is 0.484 e. The number of ether oxygens (including phenoxy) is 2. The maximum atomic E-state index is 10.8. The topological polar surface area (TPSA) is 78.7 Å². The normalized spacial score (nSPS) is 11.9. The molecule has 0 aromatic heterocycles. The average molecular weight is 239 g/mol. The van der Waals surface area contributed by atoms with E-state index in [0.29, 0.717) is 6.29 Å². The van der Waals surface area contributed by atoms with Crippen LogP contribution >= 0.6 is 0 Å². The van der Waals surface area contributed by atoms with Crippen molar-refractivity contribution in [3.63, 3.8) is 0 Å². The summed E-state index contributed by atoms with van der Waals surface area (Å²) in [4.78, 5) is 20.7. The van der Waals surface area contributed by atoms with Crippen LogP contribution in [0.3, 0.4) is 0 Å². The van der Waals surface area contributed by atoms with Gasteiger partial charge in [-0.2, -0.15) is 0 Å². The van der Waals surface area contributed by atoms with Gasteiger partial charge in [-0.3, -0.25) is 14.9 Å². The lowest BCUT2D eigenvalue weighted by Crippen LogP contribution is -2.16. The number of carbonyl (C=O) groups is 1. The predicted octanol–water partition coefficient (Wildman–Crippen LogP) is 1.82. The summed E-state index contributed by atoms with van der Waals surface area (Å²) < 4.78 is 10.2. The van der Waals surface area contributed by atoms with Crippen LogP contribution in [0.15, 0.2) is 18.2 Å². The van der Waals surface area contributed by atoms with E-state index in [9.17, 15) is 14.9 Å². The Labute approximate surface area is 98.3 Å². The van der Waals surface area contributed by atoms with E-state index in [1.165, 1.54) is 25.3 Å². The fraction of sp³-hybridized carbons (Fsp3) is 0.364. The lowest BCUT2D eigenvalue weighted by Gasteiger charge is -2.11. The zero-order valence-corrected chi connectivity index (χ0v) is 9.58. The molecule has 6 heteroatoms. The average Bonchev–Trinajstić information content (AvgIpc) is 2.35. The van der Waals surface area contributed by atoms with Crippen LogP contribution in [0.1, 0.15) is 17.3 Å². The molecule has 0 aliphatic heterocycles. The van der Waals surface area contributed by atoms with E-state index < -0.39 is 4.92 Å². The molecule has 0 aliphatic rings. The van der Waals surface area contributed by atoms with Crippen molar-refractivity contribution in [2.24, 2.45) is 0 Å². The Bertz CT molecular complexity index is 418. The molecule has 1 aromatic rings. The zero-order valence-electron chi connectivity index (χ0n) is 9.58. The number of benzene rings is 1. The van der Waals surface area contributed by atoms with Gasteiger partial charge < -0.3 is 9.47 Å². The Hall–Kier alpha value is -1.95. The zero-order chi connectivity index (χ0) is 12.8. The first-order valence-electron chi connectivity index (χ1n) is 4.97. The molecule has 1 rings (SSSR count). The van der Waals surface area contributed by atoms with E-state index >= 15 is 0 Å². The highest BCUT2D eigenvalue weighted by molar-refractivity contribution is 5.77. The number of hydrogen-bond donors (Lipinski definition) is 0. The first-order chi connectivity index (χ1) is 8.08. The van der Waals surface area contributed by atoms with Crippen LogP contribution in [0.5, 0.6) is 5.75 Å².